The van der Waals surface area contributed by atoms with Gasteiger partial charge in [-0.1, -0.05) is 60.7 Å². The summed E-state index contributed by atoms with van der Waals surface area (Å²) in [4.78, 5) is 6.26. The van der Waals surface area contributed by atoms with Crippen LogP contribution in [0.4, 0.5) is 39.5 Å². The van der Waals surface area contributed by atoms with Gasteiger partial charge in [-0.3, -0.25) is 5.04 Å². The second kappa shape index (κ2) is 22.7. The summed E-state index contributed by atoms with van der Waals surface area (Å²) in [5.74, 6) is -12.1. The molecule has 0 saturated heterocycles. The van der Waals surface area contributed by atoms with E-state index in [1.54, 1.807) is 14.2 Å². The Morgan fingerprint density at radius 2 is 0.944 bits per heavy atom. The van der Waals surface area contributed by atoms with E-state index in [0.29, 0.717) is 0 Å². The molecule has 0 heterocycles. The van der Waals surface area contributed by atoms with Crippen molar-refractivity contribution in [2.75, 3.05) is 14.2 Å². The third kappa shape index (κ3) is 15.2. The Labute approximate surface area is 323 Å². The second-order valence-electron chi connectivity index (χ2n) is 10.0. The average molecular weight is 845 g/mol. The first-order valence-electron chi connectivity index (χ1n) is 14.9. The number of methoxy groups -OCH3 is 2. The summed E-state index contributed by atoms with van der Waals surface area (Å²) in [6.07, 6.45) is -6.92. The molecule has 18 heteroatoms. The fourth-order valence-corrected chi connectivity index (χ4v) is 5.98. The van der Waals surface area contributed by atoms with Crippen LogP contribution in [0.2, 0.25) is 0 Å². The molecule has 0 spiro atoms. The molecule has 0 aliphatic rings. The molecule has 0 aliphatic heterocycles. The summed E-state index contributed by atoms with van der Waals surface area (Å²) >= 11 is 3.84. The van der Waals surface area contributed by atoms with E-state index >= 15 is 0 Å². The topological polar surface area (TPSA) is 60.0 Å². The van der Waals surface area contributed by atoms with E-state index in [9.17, 15) is 39.5 Å². The summed E-state index contributed by atoms with van der Waals surface area (Å²) in [6.45, 7) is 0. The van der Waals surface area contributed by atoms with Crippen LogP contribution >= 0.6 is 12.0 Å². The van der Waals surface area contributed by atoms with Crippen molar-refractivity contribution in [3.8, 4) is 11.5 Å². The Balaban J connectivity index is 0.000000257. The number of halogens is 9. The van der Waals surface area contributed by atoms with Crippen molar-refractivity contribution in [2.24, 2.45) is 0 Å². The van der Waals surface area contributed by atoms with Gasteiger partial charge in [-0.2, -0.15) is 43.8 Å². The molecule has 0 aliphatic carbocycles. The molecule has 0 unspecified atom stereocenters. The van der Waals surface area contributed by atoms with Crippen LogP contribution in [0.25, 0.3) is 0 Å². The minimum absolute atomic E-state index is 0.905. The van der Waals surface area contributed by atoms with Gasteiger partial charge >= 0.3 is 23.3 Å². The fourth-order valence-electron chi connectivity index (χ4n) is 3.55. The van der Waals surface area contributed by atoms with Gasteiger partial charge in [0.2, 0.25) is 0 Å². The van der Waals surface area contributed by atoms with E-state index in [0.717, 1.165) is 16.4 Å². The predicted octanol–water partition coefficient (Wildman–Crippen LogP) is 9.20. The molecular formula is C36H33F9O5S4+2. The minimum atomic E-state index is -7.03. The zero-order chi connectivity index (χ0) is 40.3. The summed E-state index contributed by atoms with van der Waals surface area (Å²) in [5, 5.41) is 5.12. The number of rotatable bonds is 11. The molecule has 0 aromatic heterocycles. The standard InChI is InChI=1S/2C13H12OS.C6H6S.C4HF9O3S/c1-14-11-6-5-9-13(10-11)15-12-7-3-2-4-8-12;1-14-11-7-9-13(10-8-11)15-12-5-3-2-4-6-12;7-6-4-2-1-3-5-6;5-1(6,3(9,10)11)2(7,8)4(12,13)17-16-15-14/h2*2-10H,1H3;1-5,7H;14H/p+2. The number of ether oxygens (including phenoxy) is 2. The van der Waals surface area contributed by atoms with Gasteiger partial charge < -0.3 is 14.7 Å². The lowest BCUT2D eigenvalue weighted by molar-refractivity contribution is -0.777. The van der Waals surface area contributed by atoms with Crippen LogP contribution in [0.15, 0.2) is 164 Å². The van der Waals surface area contributed by atoms with Gasteiger partial charge in [0.05, 0.1) is 14.2 Å². The molecule has 5 aromatic carbocycles. The van der Waals surface area contributed by atoms with Crippen LogP contribution in [0.1, 0.15) is 0 Å². The quantitative estimate of drug-likeness (QED) is 0.0330. The van der Waals surface area contributed by atoms with E-state index in [-0.39, 0.29) is 0 Å². The number of hydrogen-bond acceptors (Lipinski definition) is 6. The Kier molecular flexibility index (Phi) is 19.5. The Morgan fingerprint density at radius 1 is 0.519 bits per heavy atom. The largest absolute Gasteiger partial charge is 0.691 e. The highest BCUT2D eigenvalue weighted by atomic mass is 32.2. The van der Waals surface area contributed by atoms with Gasteiger partial charge in [-0.25, -0.2) is 0 Å². The Hall–Kier alpha value is -3.65. The van der Waals surface area contributed by atoms with Crippen LogP contribution in [-0.4, -0.2) is 37.5 Å². The summed E-state index contributed by atoms with van der Waals surface area (Å²) in [5.41, 5.74) is 0. The Bertz CT molecular complexity index is 1760. The van der Waals surface area contributed by atoms with Crippen LogP contribution in [-0.2, 0) is 45.5 Å². The zero-order valence-electron chi connectivity index (χ0n) is 28.0. The van der Waals surface area contributed by atoms with E-state index in [1.807, 2.05) is 66.7 Å². The van der Waals surface area contributed by atoms with Crippen molar-refractivity contribution in [1.82, 2.24) is 0 Å². The molecule has 5 aromatic rings. The van der Waals surface area contributed by atoms with Crippen molar-refractivity contribution in [3.63, 3.8) is 0 Å². The van der Waals surface area contributed by atoms with Crippen molar-refractivity contribution in [2.45, 2.75) is 47.8 Å². The van der Waals surface area contributed by atoms with E-state index in [2.05, 4.69) is 94.8 Å². The third-order valence-electron chi connectivity index (χ3n) is 6.21. The maximum atomic E-state index is 12.3. The van der Waals surface area contributed by atoms with Gasteiger partial charge in [0.15, 0.2) is 19.6 Å². The fraction of sp³-hybridized carbons (Fsp3) is 0.167. The SMILES string of the molecule is COc1ccc([SH+]c2ccccc2)cc1.COc1cccc([SH+]c2ccccc2)c1.[O-]OOSC(F)(F)C(F)(F)C(F)(F)C(F)(F)F.[SH2+]c1ccccc1. The number of alkyl halides is 9. The van der Waals surface area contributed by atoms with Crippen molar-refractivity contribution < 1.29 is 63.6 Å². The summed E-state index contributed by atoms with van der Waals surface area (Å²) in [7, 11) is 3.38. The molecular weight excluding hydrogens is 812 g/mol. The molecule has 292 valence electrons. The monoisotopic (exact) mass is 844 g/mol. The van der Waals surface area contributed by atoms with Crippen LogP contribution in [0.3, 0.4) is 0 Å². The molecule has 0 bridgehead atoms. The van der Waals surface area contributed by atoms with E-state index < -0.39 is 35.3 Å². The van der Waals surface area contributed by atoms with Crippen molar-refractivity contribution in [3.05, 3.63) is 140 Å². The zero-order valence-corrected chi connectivity index (χ0v) is 31.6. The van der Waals surface area contributed by atoms with Crippen LogP contribution in [0.5, 0.6) is 11.5 Å². The van der Waals surface area contributed by atoms with Crippen LogP contribution < -0.4 is 14.7 Å². The van der Waals surface area contributed by atoms with Gasteiger partial charge in [0, 0.05) is 29.6 Å². The molecule has 0 atom stereocenters. The smallest absolute Gasteiger partial charge is 0.460 e. The van der Waals surface area contributed by atoms with Gasteiger partial charge in [-0.15, -0.1) is 0 Å². The maximum Gasteiger partial charge on any atom is 0.460 e. The highest BCUT2D eigenvalue weighted by molar-refractivity contribution is 7.95. The number of benzene rings is 5. The molecule has 0 fully saturated rings. The highest BCUT2D eigenvalue weighted by Gasteiger charge is 2.82. The molecule has 0 N–H and O–H groups in total. The number of hydrogen-bond donors (Lipinski definition) is 0. The second-order valence-corrected chi connectivity index (χ2v) is 13.9. The van der Waals surface area contributed by atoms with Crippen molar-refractivity contribution >= 4 is 48.2 Å². The first-order chi connectivity index (χ1) is 25.5. The lowest BCUT2D eigenvalue weighted by atomic mass is 10.1. The molecule has 5 nitrogen and oxygen atoms in total. The molecule has 0 saturated carbocycles. The van der Waals surface area contributed by atoms with Gasteiger partial charge in [0.1, 0.15) is 28.4 Å². The summed E-state index contributed by atoms with van der Waals surface area (Å²) < 4.78 is 121. The lowest BCUT2D eigenvalue weighted by Gasteiger charge is -2.32. The maximum absolute atomic E-state index is 12.3. The van der Waals surface area contributed by atoms with Gasteiger partial charge in [0.25, 0.3) is 0 Å². The predicted molar refractivity (Wildman–Crippen MR) is 195 cm³/mol. The third-order valence-corrected chi connectivity index (χ3v) is 9.34. The minimum Gasteiger partial charge on any atom is -0.691 e. The van der Waals surface area contributed by atoms with Crippen molar-refractivity contribution in [1.29, 1.82) is 0 Å². The Morgan fingerprint density at radius 3 is 1.35 bits per heavy atom. The molecule has 0 amide bonds. The molecule has 0 radical (unpaired) electrons. The van der Waals surface area contributed by atoms with E-state index in [1.165, 1.54) is 43.1 Å². The first-order valence-corrected chi connectivity index (χ1v) is 17.9. The average Bonchev–Trinajstić information content (AvgIpc) is 3.16. The van der Waals surface area contributed by atoms with Crippen LogP contribution in [0, 0.1) is 0 Å². The normalized spacial score (nSPS) is 11.4. The van der Waals surface area contributed by atoms with E-state index in [4.69, 9.17) is 14.7 Å². The van der Waals surface area contributed by atoms with Gasteiger partial charge in [-0.05, 0) is 85.4 Å². The first kappa shape index (κ1) is 46.5. The lowest BCUT2D eigenvalue weighted by Crippen LogP contribution is -2.59. The number of thiol groups is 2. The molecule has 54 heavy (non-hydrogen) atoms. The summed E-state index contributed by atoms with van der Waals surface area (Å²) in [6, 6.07) is 47.1. The highest BCUT2D eigenvalue weighted by Crippen LogP contribution is 2.56. The molecule has 5 rings (SSSR count).